The number of hydrogen-bond donors (Lipinski definition) is 1. The van der Waals surface area contributed by atoms with Crippen molar-refractivity contribution in [1.29, 1.82) is 0 Å². The average molecular weight is 513 g/mol. The predicted octanol–water partition coefficient (Wildman–Crippen LogP) is 4.31. The number of esters is 1. The standard InChI is InChI=1S/C30H40O7/c1-19-12-13-34-23(15-19)10-11-25(31)27-18-28-30(37-28)26(32)17-21(3)14-20(2)16-24-8-4-6-22(35-24)7-5-9-29(33)36-27/h4-6,9-12,20,22-24,26-28,30,32H,3,7-8,13-18H2,1-2H3/b9-5-,11-10+/t20-,22-,23?,24-,26-,27-,28?,30?/m0/s1. The monoisotopic (exact) mass is 512 g/mol. The van der Waals surface area contributed by atoms with Crippen LogP contribution in [0.25, 0.3) is 0 Å². The normalized spacial score (nSPS) is 38.6. The Hall–Kier alpha value is -2.32. The maximum absolute atomic E-state index is 13.0. The molecule has 1 fully saturated rings. The van der Waals surface area contributed by atoms with E-state index in [2.05, 4.69) is 19.6 Å². The van der Waals surface area contributed by atoms with Crippen LogP contribution >= 0.6 is 0 Å². The van der Waals surface area contributed by atoms with Crippen molar-refractivity contribution in [3.63, 3.8) is 0 Å². The highest BCUT2D eigenvalue weighted by Gasteiger charge is 2.46. The smallest absolute Gasteiger partial charge is 0.331 e. The van der Waals surface area contributed by atoms with Crippen molar-refractivity contribution in [2.75, 3.05) is 6.61 Å². The van der Waals surface area contributed by atoms with Crippen LogP contribution in [-0.4, -0.2) is 66.2 Å². The van der Waals surface area contributed by atoms with E-state index in [1.807, 2.05) is 19.1 Å². The van der Waals surface area contributed by atoms with Crippen LogP contribution in [0.15, 0.2) is 60.3 Å². The van der Waals surface area contributed by atoms with Gasteiger partial charge < -0.3 is 24.1 Å². The molecule has 0 aromatic heterocycles. The first-order valence-corrected chi connectivity index (χ1v) is 13.5. The molecule has 1 saturated heterocycles. The Morgan fingerprint density at radius 2 is 1.97 bits per heavy atom. The van der Waals surface area contributed by atoms with E-state index in [4.69, 9.17) is 18.9 Å². The van der Waals surface area contributed by atoms with E-state index in [1.54, 1.807) is 12.2 Å². The first-order chi connectivity index (χ1) is 17.8. The average Bonchev–Trinajstić information content (AvgIpc) is 3.61. The Kier molecular flexibility index (Phi) is 9.71. The molecule has 0 aromatic carbocycles. The molecule has 4 heterocycles. The van der Waals surface area contributed by atoms with Crippen molar-refractivity contribution in [3.05, 3.63) is 60.3 Å². The summed E-state index contributed by atoms with van der Waals surface area (Å²) >= 11 is 0. The molecule has 7 nitrogen and oxygen atoms in total. The lowest BCUT2D eigenvalue weighted by atomic mass is 9.91. The van der Waals surface area contributed by atoms with E-state index < -0.39 is 24.3 Å². The largest absolute Gasteiger partial charge is 0.451 e. The lowest BCUT2D eigenvalue weighted by molar-refractivity contribution is -0.149. The summed E-state index contributed by atoms with van der Waals surface area (Å²) < 4.78 is 23.2. The molecule has 1 N–H and O–H groups in total. The van der Waals surface area contributed by atoms with Gasteiger partial charge in [-0.1, -0.05) is 55.0 Å². The Labute approximate surface area is 219 Å². The zero-order valence-corrected chi connectivity index (χ0v) is 21.9. The molecular formula is C30H40O7. The second-order valence-corrected chi connectivity index (χ2v) is 10.9. The number of carbonyl (C=O) groups excluding carboxylic acids is 2. The summed E-state index contributed by atoms with van der Waals surface area (Å²) in [6, 6.07) is 0. The van der Waals surface area contributed by atoms with E-state index in [0.29, 0.717) is 25.4 Å². The summed E-state index contributed by atoms with van der Waals surface area (Å²) in [5.41, 5.74) is 2.18. The second kappa shape index (κ2) is 13.0. The molecule has 2 bridgehead atoms. The van der Waals surface area contributed by atoms with Crippen LogP contribution in [-0.2, 0) is 28.5 Å². The molecule has 4 aliphatic rings. The SMILES string of the molecule is C=C1C[C@H](C)C[C@@H]2CC=C[C@@H](C/C=C\C(=O)O[C@H](C(=O)/C=C/C3CC(C)=CCO3)CC3OC3[C@@H](O)C1)O2. The van der Waals surface area contributed by atoms with Gasteiger partial charge in [0.2, 0.25) is 0 Å². The number of aliphatic hydroxyl groups excluding tert-OH is 1. The summed E-state index contributed by atoms with van der Waals surface area (Å²) in [6.45, 7) is 8.90. The first kappa shape index (κ1) is 27.7. The molecule has 7 heteroatoms. The lowest BCUT2D eigenvalue weighted by Gasteiger charge is -2.28. The van der Waals surface area contributed by atoms with E-state index in [0.717, 1.165) is 31.3 Å². The van der Waals surface area contributed by atoms with Crippen LogP contribution in [0.1, 0.15) is 58.8 Å². The summed E-state index contributed by atoms with van der Waals surface area (Å²) in [6.07, 6.45) is 14.2. The third-order valence-electron chi connectivity index (χ3n) is 7.30. The number of aliphatic hydroxyl groups is 1. The number of epoxide rings is 1. The topological polar surface area (TPSA) is 94.6 Å². The predicted molar refractivity (Wildman–Crippen MR) is 140 cm³/mol. The third kappa shape index (κ3) is 8.60. The second-order valence-electron chi connectivity index (χ2n) is 10.9. The quantitative estimate of drug-likeness (QED) is 0.261. The van der Waals surface area contributed by atoms with Gasteiger partial charge in [-0.2, -0.15) is 0 Å². The van der Waals surface area contributed by atoms with Crippen LogP contribution < -0.4 is 0 Å². The zero-order chi connectivity index (χ0) is 26.4. The maximum Gasteiger partial charge on any atom is 0.331 e. The van der Waals surface area contributed by atoms with E-state index in [9.17, 15) is 14.7 Å². The van der Waals surface area contributed by atoms with Gasteiger partial charge in [-0.25, -0.2) is 4.79 Å². The van der Waals surface area contributed by atoms with Gasteiger partial charge in [0.25, 0.3) is 0 Å². The number of carbonyl (C=O) groups is 2. The highest BCUT2D eigenvalue weighted by Crippen LogP contribution is 2.34. The molecule has 4 aliphatic heterocycles. The number of ketones is 1. The molecule has 0 amide bonds. The summed E-state index contributed by atoms with van der Waals surface area (Å²) in [5.74, 6) is -0.537. The van der Waals surface area contributed by atoms with Gasteiger partial charge in [0.1, 0.15) is 6.10 Å². The fourth-order valence-electron chi connectivity index (χ4n) is 5.34. The minimum absolute atomic E-state index is 0.104. The molecule has 0 aliphatic carbocycles. The number of fused-ring (bicyclic) bond motifs is 3. The maximum atomic E-state index is 13.0. The zero-order valence-electron chi connectivity index (χ0n) is 21.9. The van der Waals surface area contributed by atoms with Gasteiger partial charge >= 0.3 is 5.97 Å². The Balaban J connectivity index is 1.45. The highest BCUT2D eigenvalue weighted by molar-refractivity contribution is 5.96. The Morgan fingerprint density at radius 1 is 1.14 bits per heavy atom. The van der Waals surface area contributed by atoms with Crippen molar-refractivity contribution in [2.24, 2.45) is 5.92 Å². The minimum Gasteiger partial charge on any atom is -0.451 e. The molecule has 4 rings (SSSR count). The molecule has 0 aromatic rings. The summed E-state index contributed by atoms with van der Waals surface area (Å²) in [7, 11) is 0. The van der Waals surface area contributed by atoms with Crippen LogP contribution in [0, 0.1) is 5.92 Å². The Morgan fingerprint density at radius 3 is 2.78 bits per heavy atom. The summed E-state index contributed by atoms with van der Waals surface area (Å²) in [5, 5.41) is 10.7. The molecule has 8 atom stereocenters. The van der Waals surface area contributed by atoms with Crippen LogP contribution in [0.4, 0.5) is 0 Å². The van der Waals surface area contributed by atoms with Gasteiger partial charge in [-0.3, -0.25) is 4.79 Å². The van der Waals surface area contributed by atoms with Gasteiger partial charge in [0.15, 0.2) is 11.9 Å². The van der Waals surface area contributed by atoms with Gasteiger partial charge in [0.05, 0.1) is 37.1 Å². The van der Waals surface area contributed by atoms with E-state index in [-0.39, 0.29) is 36.6 Å². The molecule has 3 unspecified atom stereocenters. The van der Waals surface area contributed by atoms with Crippen molar-refractivity contribution < 1.29 is 33.6 Å². The van der Waals surface area contributed by atoms with Gasteiger partial charge in [0, 0.05) is 12.5 Å². The van der Waals surface area contributed by atoms with Crippen molar-refractivity contribution in [3.8, 4) is 0 Å². The molecule has 0 radical (unpaired) electrons. The number of hydrogen-bond acceptors (Lipinski definition) is 7. The van der Waals surface area contributed by atoms with Gasteiger partial charge in [-0.15, -0.1) is 0 Å². The van der Waals surface area contributed by atoms with Crippen LogP contribution in [0.3, 0.4) is 0 Å². The fourth-order valence-corrected chi connectivity index (χ4v) is 5.34. The first-order valence-electron chi connectivity index (χ1n) is 13.5. The number of rotatable bonds is 3. The number of ether oxygens (including phenoxy) is 4. The van der Waals surface area contributed by atoms with E-state index >= 15 is 0 Å². The molecule has 202 valence electrons. The fraction of sp³-hybridized carbons (Fsp3) is 0.600. The summed E-state index contributed by atoms with van der Waals surface area (Å²) in [4.78, 5) is 25.7. The minimum atomic E-state index is -1.01. The molecule has 37 heavy (non-hydrogen) atoms. The van der Waals surface area contributed by atoms with Gasteiger partial charge in [-0.05, 0) is 57.4 Å². The van der Waals surface area contributed by atoms with Crippen LogP contribution in [0.5, 0.6) is 0 Å². The highest BCUT2D eigenvalue weighted by atomic mass is 16.6. The lowest BCUT2D eigenvalue weighted by Crippen LogP contribution is -2.29. The van der Waals surface area contributed by atoms with Crippen molar-refractivity contribution >= 4 is 11.8 Å². The van der Waals surface area contributed by atoms with Crippen molar-refractivity contribution in [2.45, 2.75) is 102 Å². The number of cyclic esters (lactones) is 1. The Bertz CT molecular complexity index is 961. The molecular weight excluding hydrogens is 472 g/mol. The molecule has 0 saturated carbocycles. The van der Waals surface area contributed by atoms with Crippen molar-refractivity contribution in [1.82, 2.24) is 0 Å². The van der Waals surface area contributed by atoms with E-state index in [1.165, 1.54) is 17.7 Å². The van der Waals surface area contributed by atoms with Crippen LogP contribution in [0.2, 0.25) is 0 Å². The molecule has 0 spiro atoms. The third-order valence-corrected chi connectivity index (χ3v) is 7.30.